The Kier molecular flexibility index (Phi) is 5.57. The van der Waals surface area contributed by atoms with Gasteiger partial charge >= 0.3 is 6.18 Å². The Morgan fingerprint density at radius 2 is 1.88 bits per heavy atom. The lowest BCUT2D eigenvalue weighted by Gasteiger charge is -2.37. The smallest absolute Gasteiger partial charge is 0.391 e. The fourth-order valence-corrected chi connectivity index (χ4v) is 3.98. The van der Waals surface area contributed by atoms with Crippen LogP contribution in [0.1, 0.15) is 36.4 Å². The molecular formula is C17H19BrF3N3O2. The molecule has 2 atom stereocenters. The lowest BCUT2D eigenvalue weighted by atomic mass is 9.88. The van der Waals surface area contributed by atoms with Crippen molar-refractivity contribution >= 4 is 26.5 Å². The highest BCUT2D eigenvalue weighted by Gasteiger charge is 2.36. The van der Waals surface area contributed by atoms with Crippen LogP contribution >= 0.6 is 15.9 Å². The summed E-state index contributed by atoms with van der Waals surface area (Å²) in [5, 5.41) is 3.90. The molecule has 3 rings (SSSR count). The van der Waals surface area contributed by atoms with E-state index in [1.807, 2.05) is 4.90 Å². The average Bonchev–Trinajstić information content (AvgIpc) is 3.01. The van der Waals surface area contributed by atoms with Gasteiger partial charge in [-0.25, -0.2) is 0 Å². The predicted octanol–water partition coefficient (Wildman–Crippen LogP) is 3.44. The number of carbonyl (C=O) groups is 1. The lowest BCUT2D eigenvalue weighted by Crippen LogP contribution is -2.44. The summed E-state index contributed by atoms with van der Waals surface area (Å²) < 4.78 is 39.0. The monoisotopic (exact) mass is 433 g/mol. The number of hydrogen-bond acceptors (Lipinski definition) is 4. The van der Waals surface area contributed by atoms with Gasteiger partial charge in [0.25, 0.3) is 0 Å². The second kappa shape index (κ2) is 7.56. The summed E-state index contributed by atoms with van der Waals surface area (Å²) in [5.41, 5.74) is 5.28. The lowest BCUT2D eigenvalue weighted by molar-refractivity contribution is -0.137. The van der Waals surface area contributed by atoms with Crippen LogP contribution in [-0.4, -0.2) is 34.6 Å². The van der Waals surface area contributed by atoms with E-state index in [0.717, 1.165) is 36.0 Å². The Hall–Kier alpha value is -1.61. The molecule has 0 bridgehead atoms. The molecule has 142 valence electrons. The number of hydrogen-bond donors (Lipinski definition) is 1. The van der Waals surface area contributed by atoms with E-state index in [4.69, 9.17) is 10.6 Å². The summed E-state index contributed by atoms with van der Waals surface area (Å²) in [7, 11) is 0. The second-order valence-corrected chi connectivity index (χ2v) is 7.53. The number of amides is 1. The van der Waals surface area contributed by atoms with Gasteiger partial charge in [-0.2, -0.15) is 13.2 Å². The molecule has 2 aliphatic rings. The van der Waals surface area contributed by atoms with E-state index < -0.39 is 23.7 Å². The molecule has 1 saturated heterocycles. The summed E-state index contributed by atoms with van der Waals surface area (Å²) in [6.07, 6.45) is -2.01. The van der Waals surface area contributed by atoms with Crippen molar-refractivity contribution in [1.29, 1.82) is 0 Å². The van der Waals surface area contributed by atoms with E-state index >= 15 is 0 Å². The first-order valence-electron chi connectivity index (χ1n) is 8.34. The number of likely N-dealkylation sites (tertiary alicyclic amines) is 1. The van der Waals surface area contributed by atoms with Gasteiger partial charge in [0.2, 0.25) is 5.91 Å². The standard InChI is InChI=1S/C17H19BrF3N3O2/c18-14-9-13(26-23-14)10-5-7-24(8-6-10)15(16(22)25)11-1-3-12(4-2-11)17(19,20)21/h1-4,10,13,15H,5-9H2,(H2,22,25)/t13?,15-/m1/s1. The van der Waals surface area contributed by atoms with Gasteiger partial charge in [0.1, 0.15) is 16.8 Å². The second-order valence-electron chi connectivity index (χ2n) is 6.61. The van der Waals surface area contributed by atoms with Gasteiger partial charge in [0.15, 0.2) is 0 Å². The number of benzene rings is 1. The van der Waals surface area contributed by atoms with Crippen LogP contribution in [0.3, 0.4) is 0 Å². The summed E-state index contributed by atoms with van der Waals surface area (Å²) in [5.74, 6) is -0.238. The van der Waals surface area contributed by atoms with Crippen molar-refractivity contribution in [2.45, 2.75) is 37.6 Å². The van der Waals surface area contributed by atoms with E-state index in [9.17, 15) is 18.0 Å². The van der Waals surface area contributed by atoms with Gasteiger partial charge in [-0.15, -0.1) is 0 Å². The minimum absolute atomic E-state index is 0.0321. The normalized spacial score (nSPS) is 23.4. The van der Waals surface area contributed by atoms with Crippen LogP contribution in [0.15, 0.2) is 29.4 Å². The number of rotatable bonds is 4. The number of primary amides is 1. The van der Waals surface area contributed by atoms with Crippen molar-refractivity contribution in [3.8, 4) is 0 Å². The van der Waals surface area contributed by atoms with Gasteiger partial charge in [0.05, 0.1) is 5.56 Å². The zero-order valence-electron chi connectivity index (χ0n) is 13.9. The number of piperidine rings is 1. The third-order valence-electron chi connectivity index (χ3n) is 4.95. The molecule has 5 nitrogen and oxygen atoms in total. The Labute approximate surface area is 157 Å². The molecule has 1 aromatic carbocycles. The van der Waals surface area contributed by atoms with Crippen LogP contribution in [0.2, 0.25) is 0 Å². The highest BCUT2D eigenvalue weighted by Crippen LogP contribution is 2.34. The molecule has 1 unspecified atom stereocenters. The molecule has 2 aliphatic heterocycles. The average molecular weight is 434 g/mol. The first-order chi connectivity index (χ1) is 12.3. The van der Waals surface area contributed by atoms with Crippen molar-refractivity contribution in [1.82, 2.24) is 4.90 Å². The number of oxime groups is 1. The van der Waals surface area contributed by atoms with Gasteiger partial charge in [0, 0.05) is 12.3 Å². The number of carbonyl (C=O) groups excluding carboxylic acids is 1. The molecule has 0 spiro atoms. The fraction of sp³-hybridized carbons (Fsp3) is 0.529. The largest absolute Gasteiger partial charge is 0.416 e. The minimum Gasteiger partial charge on any atom is -0.391 e. The van der Waals surface area contributed by atoms with Crippen LogP contribution in [0.25, 0.3) is 0 Å². The summed E-state index contributed by atoms with van der Waals surface area (Å²) >= 11 is 3.32. The molecule has 2 heterocycles. The number of alkyl halides is 3. The predicted molar refractivity (Wildman–Crippen MR) is 93.5 cm³/mol. The van der Waals surface area contributed by atoms with Gasteiger partial charge in [-0.05, 0) is 59.6 Å². The Morgan fingerprint density at radius 3 is 2.35 bits per heavy atom. The molecule has 0 saturated carbocycles. The highest BCUT2D eigenvalue weighted by atomic mass is 79.9. The topological polar surface area (TPSA) is 67.9 Å². The van der Waals surface area contributed by atoms with Gasteiger partial charge < -0.3 is 10.6 Å². The summed E-state index contributed by atoms with van der Waals surface area (Å²) in [6, 6.07) is 3.90. The SMILES string of the molecule is NC(=O)[C@@H](c1ccc(C(F)(F)F)cc1)N1CCC(C2CC(Br)=NO2)CC1. The van der Waals surface area contributed by atoms with E-state index in [1.165, 1.54) is 12.1 Å². The number of nitrogens with two attached hydrogens (primary N) is 1. The van der Waals surface area contributed by atoms with Crippen LogP contribution in [0.5, 0.6) is 0 Å². The Morgan fingerprint density at radius 1 is 1.27 bits per heavy atom. The molecular weight excluding hydrogens is 415 g/mol. The Balaban J connectivity index is 1.67. The molecule has 9 heteroatoms. The third-order valence-corrected chi connectivity index (χ3v) is 5.41. The molecule has 1 fully saturated rings. The fourth-order valence-electron chi connectivity index (χ4n) is 3.58. The van der Waals surface area contributed by atoms with Crippen LogP contribution in [-0.2, 0) is 15.8 Å². The third kappa shape index (κ3) is 4.20. The maximum atomic E-state index is 12.7. The molecule has 2 N–H and O–H groups in total. The van der Waals surface area contributed by atoms with Crippen molar-refractivity contribution in [2.24, 2.45) is 16.8 Å². The van der Waals surface area contributed by atoms with Crippen LogP contribution in [0.4, 0.5) is 13.2 Å². The van der Waals surface area contributed by atoms with E-state index in [1.54, 1.807) is 0 Å². The molecule has 0 aliphatic carbocycles. The van der Waals surface area contributed by atoms with Crippen molar-refractivity contribution < 1.29 is 22.8 Å². The molecule has 1 aromatic rings. The zero-order valence-corrected chi connectivity index (χ0v) is 15.5. The molecule has 0 aromatic heterocycles. The molecule has 26 heavy (non-hydrogen) atoms. The van der Waals surface area contributed by atoms with Crippen LogP contribution < -0.4 is 5.73 Å². The quantitative estimate of drug-likeness (QED) is 0.790. The number of halogens is 4. The minimum atomic E-state index is -4.41. The maximum Gasteiger partial charge on any atom is 0.416 e. The van der Waals surface area contributed by atoms with Crippen molar-refractivity contribution in [2.75, 3.05) is 13.1 Å². The van der Waals surface area contributed by atoms with Crippen LogP contribution in [0, 0.1) is 5.92 Å². The van der Waals surface area contributed by atoms with Gasteiger partial charge in [-0.3, -0.25) is 9.69 Å². The van der Waals surface area contributed by atoms with Crippen molar-refractivity contribution in [3.63, 3.8) is 0 Å². The highest BCUT2D eigenvalue weighted by molar-refractivity contribution is 9.18. The van der Waals surface area contributed by atoms with E-state index in [-0.39, 0.29) is 6.10 Å². The first-order valence-corrected chi connectivity index (χ1v) is 9.13. The molecule has 1 amide bonds. The zero-order chi connectivity index (χ0) is 18.9. The van der Waals surface area contributed by atoms with Gasteiger partial charge in [-0.1, -0.05) is 17.3 Å². The first kappa shape index (κ1) is 19.2. The van der Waals surface area contributed by atoms with Crippen molar-refractivity contribution in [3.05, 3.63) is 35.4 Å². The van der Waals surface area contributed by atoms with E-state index in [0.29, 0.717) is 24.6 Å². The van der Waals surface area contributed by atoms with E-state index in [2.05, 4.69) is 21.1 Å². The Bertz CT molecular complexity index is 685. The molecule has 0 radical (unpaired) electrons. The summed E-state index contributed by atoms with van der Waals surface area (Å²) in [4.78, 5) is 19.3. The summed E-state index contributed by atoms with van der Waals surface area (Å²) in [6.45, 7) is 1.24. The maximum absolute atomic E-state index is 12.7. The number of nitrogens with zero attached hydrogens (tertiary/aromatic N) is 2.